The number of halogens is 2. The lowest BCUT2D eigenvalue weighted by atomic mass is 9.95. The van der Waals surface area contributed by atoms with Gasteiger partial charge in [0.05, 0.1) is 0 Å². The molecule has 0 saturated carbocycles. The van der Waals surface area contributed by atoms with Gasteiger partial charge in [-0.2, -0.15) is 0 Å². The molecule has 2 heteroatoms. The number of rotatable bonds is 3. The number of benzene rings is 2. The molecule has 0 unspecified atom stereocenters. The molecular formula is C16H12I2. The highest BCUT2D eigenvalue weighted by molar-refractivity contribution is 14.1. The van der Waals surface area contributed by atoms with Crippen LogP contribution in [0.25, 0.3) is 11.1 Å². The first kappa shape index (κ1) is 13.8. The fraction of sp³-hybridized carbons (Fsp3) is 0. The molecule has 0 saturated heterocycles. The van der Waals surface area contributed by atoms with Gasteiger partial charge in [-0.25, -0.2) is 0 Å². The standard InChI is InChI=1S/C16H12I2/c17-11-15(13-7-3-1-4-8-13)16(12-18)14-9-5-2-6-10-14/h1-12H/b15-11-,16-12-. The summed E-state index contributed by atoms with van der Waals surface area (Å²) in [5, 5.41) is 0. The van der Waals surface area contributed by atoms with E-state index in [9.17, 15) is 0 Å². The highest BCUT2D eigenvalue weighted by atomic mass is 127. The molecule has 0 radical (unpaired) electrons. The van der Waals surface area contributed by atoms with E-state index < -0.39 is 0 Å². The Bertz CT molecular complexity index is 501. The Labute approximate surface area is 135 Å². The maximum absolute atomic E-state index is 2.31. The van der Waals surface area contributed by atoms with Gasteiger partial charge in [-0.05, 0) is 30.4 Å². The molecule has 0 atom stereocenters. The Morgan fingerprint density at radius 1 is 0.611 bits per heavy atom. The van der Waals surface area contributed by atoms with Crippen molar-refractivity contribution in [2.75, 3.05) is 0 Å². The number of hydrogen-bond acceptors (Lipinski definition) is 0. The SMILES string of the molecule is I/C=C(\C(=C/I)c1ccccc1)c1ccccc1. The van der Waals surface area contributed by atoms with Crippen LogP contribution in [0.3, 0.4) is 0 Å². The summed E-state index contributed by atoms with van der Waals surface area (Å²) < 4.78 is 4.29. The van der Waals surface area contributed by atoms with Gasteiger partial charge in [0, 0.05) is 0 Å². The van der Waals surface area contributed by atoms with Crippen molar-refractivity contribution >= 4 is 56.3 Å². The largest absolute Gasteiger partial charge is 0.0622 e. The van der Waals surface area contributed by atoms with E-state index in [1.165, 1.54) is 22.3 Å². The van der Waals surface area contributed by atoms with Crippen LogP contribution in [0.5, 0.6) is 0 Å². The van der Waals surface area contributed by atoms with Crippen LogP contribution in [0.4, 0.5) is 0 Å². The summed E-state index contributed by atoms with van der Waals surface area (Å²) in [6, 6.07) is 21.0. The Hall–Kier alpha value is -0.620. The van der Waals surface area contributed by atoms with E-state index in [0.717, 1.165) is 0 Å². The minimum atomic E-state index is 1.25. The van der Waals surface area contributed by atoms with Gasteiger partial charge >= 0.3 is 0 Å². The van der Waals surface area contributed by atoms with Gasteiger partial charge in [-0.1, -0.05) is 106 Å². The first-order valence-electron chi connectivity index (χ1n) is 5.59. The van der Waals surface area contributed by atoms with Crippen LogP contribution in [0.15, 0.2) is 68.8 Å². The molecule has 0 aromatic heterocycles. The molecule has 0 amide bonds. The fourth-order valence-corrected chi connectivity index (χ4v) is 3.18. The zero-order chi connectivity index (χ0) is 12.8. The molecular weight excluding hydrogens is 446 g/mol. The molecule has 90 valence electrons. The average molecular weight is 458 g/mol. The monoisotopic (exact) mass is 458 g/mol. The van der Waals surface area contributed by atoms with Crippen LogP contribution < -0.4 is 0 Å². The molecule has 2 rings (SSSR count). The van der Waals surface area contributed by atoms with E-state index in [2.05, 4.69) is 102 Å². The summed E-state index contributed by atoms with van der Waals surface area (Å²) >= 11 is 4.62. The van der Waals surface area contributed by atoms with Gasteiger partial charge in [0.2, 0.25) is 0 Å². The highest BCUT2D eigenvalue weighted by Gasteiger charge is 2.08. The molecule has 0 aliphatic heterocycles. The van der Waals surface area contributed by atoms with E-state index in [1.54, 1.807) is 0 Å². The molecule has 18 heavy (non-hydrogen) atoms. The van der Waals surface area contributed by atoms with Gasteiger partial charge in [0.15, 0.2) is 0 Å². The highest BCUT2D eigenvalue weighted by Crippen LogP contribution is 2.33. The van der Waals surface area contributed by atoms with Crippen molar-refractivity contribution in [1.29, 1.82) is 0 Å². The second-order valence-corrected chi connectivity index (χ2v) is 5.02. The first-order chi connectivity index (χ1) is 8.86. The smallest absolute Gasteiger partial charge is 0.00401 e. The average Bonchev–Trinajstić information content (AvgIpc) is 2.46. The van der Waals surface area contributed by atoms with Gasteiger partial charge in [0.1, 0.15) is 0 Å². The number of allylic oxidation sites excluding steroid dienone is 2. The second-order valence-electron chi connectivity index (χ2n) is 3.78. The number of hydrogen-bond donors (Lipinski definition) is 0. The third kappa shape index (κ3) is 3.23. The molecule has 0 N–H and O–H groups in total. The van der Waals surface area contributed by atoms with Crippen molar-refractivity contribution in [2.45, 2.75) is 0 Å². The molecule has 0 spiro atoms. The Balaban J connectivity index is 2.45. The summed E-state index contributed by atoms with van der Waals surface area (Å²) in [5.41, 5.74) is 5.02. The van der Waals surface area contributed by atoms with Crippen molar-refractivity contribution < 1.29 is 0 Å². The van der Waals surface area contributed by atoms with Gasteiger partial charge < -0.3 is 0 Å². The van der Waals surface area contributed by atoms with Crippen molar-refractivity contribution in [3.05, 3.63) is 80.0 Å². The van der Waals surface area contributed by atoms with Crippen molar-refractivity contribution in [2.24, 2.45) is 0 Å². The Morgan fingerprint density at radius 2 is 0.944 bits per heavy atom. The van der Waals surface area contributed by atoms with Gasteiger partial charge in [0.25, 0.3) is 0 Å². The summed E-state index contributed by atoms with van der Waals surface area (Å²) in [7, 11) is 0. The predicted molar refractivity (Wildman–Crippen MR) is 96.9 cm³/mol. The van der Waals surface area contributed by atoms with Crippen LogP contribution in [0, 0.1) is 0 Å². The lowest BCUT2D eigenvalue weighted by Gasteiger charge is -2.11. The van der Waals surface area contributed by atoms with Crippen LogP contribution in [-0.2, 0) is 0 Å². The van der Waals surface area contributed by atoms with E-state index in [0.29, 0.717) is 0 Å². The topological polar surface area (TPSA) is 0 Å². The van der Waals surface area contributed by atoms with Crippen molar-refractivity contribution in [3.8, 4) is 0 Å². The Morgan fingerprint density at radius 3 is 1.22 bits per heavy atom. The summed E-state index contributed by atoms with van der Waals surface area (Å²) in [4.78, 5) is 0. The molecule has 0 nitrogen and oxygen atoms in total. The summed E-state index contributed by atoms with van der Waals surface area (Å²) in [6.45, 7) is 0. The third-order valence-electron chi connectivity index (χ3n) is 2.68. The van der Waals surface area contributed by atoms with Crippen LogP contribution in [0.2, 0.25) is 0 Å². The molecule has 2 aromatic carbocycles. The van der Waals surface area contributed by atoms with E-state index in [-0.39, 0.29) is 0 Å². The fourth-order valence-electron chi connectivity index (χ4n) is 1.79. The lowest BCUT2D eigenvalue weighted by molar-refractivity contribution is 1.59. The Kier molecular flexibility index (Phi) is 5.44. The first-order valence-corrected chi connectivity index (χ1v) is 8.08. The minimum absolute atomic E-state index is 1.25. The zero-order valence-corrected chi connectivity index (χ0v) is 14.0. The molecule has 0 heterocycles. The minimum Gasteiger partial charge on any atom is -0.0622 e. The molecule has 0 bridgehead atoms. The summed E-state index contributed by atoms with van der Waals surface area (Å²) in [5.74, 6) is 0. The van der Waals surface area contributed by atoms with E-state index >= 15 is 0 Å². The van der Waals surface area contributed by atoms with Gasteiger partial charge in [-0.3, -0.25) is 0 Å². The normalized spacial score (nSPS) is 12.6. The van der Waals surface area contributed by atoms with Gasteiger partial charge in [-0.15, -0.1) is 0 Å². The summed E-state index contributed by atoms with van der Waals surface area (Å²) in [6.07, 6.45) is 0. The molecule has 0 aliphatic carbocycles. The lowest BCUT2D eigenvalue weighted by Crippen LogP contribution is -1.89. The maximum atomic E-state index is 2.31. The van der Waals surface area contributed by atoms with Crippen LogP contribution >= 0.6 is 45.2 Å². The van der Waals surface area contributed by atoms with E-state index in [1.807, 2.05) is 12.1 Å². The maximum Gasteiger partial charge on any atom is -0.00401 e. The molecule has 0 aliphatic rings. The van der Waals surface area contributed by atoms with Crippen molar-refractivity contribution in [3.63, 3.8) is 0 Å². The predicted octanol–water partition coefficient (Wildman–Crippen LogP) is 5.94. The molecule has 2 aromatic rings. The molecule has 0 fully saturated rings. The van der Waals surface area contributed by atoms with Crippen LogP contribution in [-0.4, -0.2) is 0 Å². The van der Waals surface area contributed by atoms with E-state index in [4.69, 9.17) is 0 Å². The second kappa shape index (κ2) is 7.09. The quantitative estimate of drug-likeness (QED) is 0.395. The van der Waals surface area contributed by atoms with Crippen LogP contribution in [0.1, 0.15) is 11.1 Å². The van der Waals surface area contributed by atoms with Crippen molar-refractivity contribution in [1.82, 2.24) is 0 Å². The zero-order valence-electron chi connectivity index (χ0n) is 9.68. The third-order valence-corrected chi connectivity index (χ3v) is 3.92.